The molecule has 0 N–H and O–H groups in total. The number of amides is 1. The Hall–Kier alpha value is -2.70. The van der Waals surface area contributed by atoms with Crippen molar-refractivity contribution in [3.8, 4) is 11.5 Å². The number of carbonyl (C=O) groups is 1. The molecule has 0 atom stereocenters. The van der Waals surface area contributed by atoms with Gasteiger partial charge in [-0.1, -0.05) is 6.07 Å². The van der Waals surface area contributed by atoms with E-state index in [4.69, 9.17) is 9.47 Å². The van der Waals surface area contributed by atoms with E-state index in [1.807, 2.05) is 0 Å². The van der Waals surface area contributed by atoms with E-state index in [2.05, 4.69) is 0 Å². The Bertz CT molecular complexity index is 735. The van der Waals surface area contributed by atoms with E-state index in [-0.39, 0.29) is 19.1 Å². The molecule has 0 aliphatic heterocycles. The molecule has 7 heteroatoms. The number of hydrogen-bond acceptors (Lipinski definition) is 3. The maximum Gasteiger partial charge on any atom is 0.253 e. The van der Waals surface area contributed by atoms with Gasteiger partial charge in [-0.25, -0.2) is 8.78 Å². The van der Waals surface area contributed by atoms with Crippen LogP contribution in [0.5, 0.6) is 11.5 Å². The van der Waals surface area contributed by atoms with E-state index in [1.54, 1.807) is 38.4 Å². The van der Waals surface area contributed by atoms with Crippen LogP contribution in [0.25, 0.3) is 0 Å². The molecule has 0 aliphatic carbocycles. The molecular weight excluding hydrogens is 323 g/mol. The molecule has 1 amide bonds. The SMILES string of the molecule is CN(C)C(=O)c1cccc(OCCOc2ccc(F)c(F)c2F)c1. The molecule has 0 bridgehead atoms. The quantitative estimate of drug-likeness (QED) is 0.599. The van der Waals surface area contributed by atoms with Gasteiger partial charge in [0.05, 0.1) is 0 Å². The van der Waals surface area contributed by atoms with Gasteiger partial charge in [0.25, 0.3) is 5.91 Å². The molecule has 0 heterocycles. The van der Waals surface area contributed by atoms with E-state index < -0.39 is 23.2 Å². The van der Waals surface area contributed by atoms with E-state index >= 15 is 0 Å². The number of hydrogen-bond donors (Lipinski definition) is 0. The normalized spacial score (nSPS) is 10.4. The maximum atomic E-state index is 13.4. The smallest absolute Gasteiger partial charge is 0.253 e. The first-order valence-corrected chi connectivity index (χ1v) is 7.11. The molecule has 2 aromatic rings. The Balaban J connectivity index is 1.90. The van der Waals surface area contributed by atoms with Crippen molar-refractivity contribution in [2.75, 3.05) is 27.3 Å². The molecule has 4 nitrogen and oxygen atoms in total. The van der Waals surface area contributed by atoms with Crippen LogP contribution in [-0.2, 0) is 0 Å². The van der Waals surface area contributed by atoms with Gasteiger partial charge in [0.2, 0.25) is 5.82 Å². The molecular formula is C17H16F3NO3. The lowest BCUT2D eigenvalue weighted by Gasteiger charge is -2.12. The molecule has 0 saturated carbocycles. The highest BCUT2D eigenvalue weighted by Crippen LogP contribution is 2.21. The second kappa shape index (κ2) is 7.72. The van der Waals surface area contributed by atoms with Gasteiger partial charge in [0, 0.05) is 19.7 Å². The number of ether oxygens (including phenoxy) is 2. The van der Waals surface area contributed by atoms with Crippen molar-refractivity contribution >= 4 is 5.91 Å². The molecule has 0 unspecified atom stereocenters. The third-order valence-corrected chi connectivity index (χ3v) is 3.10. The van der Waals surface area contributed by atoms with Gasteiger partial charge in [0.1, 0.15) is 19.0 Å². The molecule has 0 aliphatic rings. The van der Waals surface area contributed by atoms with E-state index in [0.29, 0.717) is 11.3 Å². The third-order valence-electron chi connectivity index (χ3n) is 3.10. The Morgan fingerprint density at radius 1 is 1.00 bits per heavy atom. The summed E-state index contributed by atoms with van der Waals surface area (Å²) < 4.78 is 49.7. The summed E-state index contributed by atoms with van der Waals surface area (Å²) in [4.78, 5) is 13.3. The predicted molar refractivity (Wildman–Crippen MR) is 81.8 cm³/mol. The molecule has 2 rings (SSSR count). The zero-order chi connectivity index (χ0) is 17.7. The Labute approximate surface area is 137 Å². The Morgan fingerprint density at radius 3 is 2.42 bits per heavy atom. The summed E-state index contributed by atoms with van der Waals surface area (Å²) in [5, 5.41) is 0. The van der Waals surface area contributed by atoms with Gasteiger partial charge in [-0.15, -0.1) is 0 Å². The summed E-state index contributed by atoms with van der Waals surface area (Å²) in [7, 11) is 3.28. The highest BCUT2D eigenvalue weighted by molar-refractivity contribution is 5.94. The lowest BCUT2D eigenvalue weighted by atomic mass is 10.2. The molecule has 0 radical (unpaired) electrons. The van der Waals surface area contributed by atoms with Crippen molar-refractivity contribution < 1.29 is 27.4 Å². The molecule has 0 saturated heterocycles. The van der Waals surface area contributed by atoms with Crippen LogP contribution in [0.4, 0.5) is 13.2 Å². The summed E-state index contributed by atoms with van der Waals surface area (Å²) >= 11 is 0. The van der Waals surface area contributed by atoms with Gasteiger partial charge in [0.15, 0.2) is 17.4 Å². The fraction of sp³-hybridized carbons (Fsp3) is 0.235. The highest BCUT2D eigenvalue weighted by Gasteiger charge is 2.14. The number of halogens is 3. The Kier molecular flexibility index (Phi) is 5.68. The molecule has 0 fully saturated rings. The first-order chi connectivity index (χ1) is 11.4. The van der Waals surface area contributed by atoms with E-state index in [1.165, 1.54) is 4.90 Å². The zero-order valence-electron chi connectivity index (χ0n) is 13.2. The van der Waals surface area contributed by atoms with Crippen LogP contribution in [0.2, 0.25) is 0 Å². The van der Waals surface area contributed by atoms with E-state index in [9.17, 15) is 18.0 Å². The van der Waals surface area contributed by atoms with Crippen LogP contribution >= 0.6 is 0 Å². The molecule has 0 aromatic heterocycles. The minimum atomic E-state index is -1.58. The largest absolute Gasteiger partial charge is 0.490 e. The molecule has 128 valence electrons. The standard InChI is InChI=1S/C17H16F3NO3/c1-21(2)17(22)11-4-3-5-12(10-11)23-8-9-24-14-7-6-13(18)15(19)16(14)20/h3-7,10H,8-9H2,1-2H3. The first-order valence-electron chi connectivity index (χ1n) is 7.11. The van der Waals surface area contributed by atoms with Gasteiger partial charge >= 0.3 is 0 Å². The Morgan fingerprint density at radius 2 is 1.71 bits per heavy atom. The highest BCUT2D eigenvalue weighted by atomic mass is 19.2. The van der Waals surface area contributed by atoms with Crippen molar-refractivity contribution in [1.82, 2.24) is 4.90 Å². The zero-order valence-corrected chi connectivity index (χ0v) is 13.2. The van der Waals surface area contributed by atoms with Crippen molar-refractivity contribution in [2.24, 2.45) is 0 Å². The van der Waals surface area contributed by atoms with Crippen LogP contribution in [0.1, 0.15) is 10.4 Å². The molecule has 0 spiro atoms. The summed E-state index contributed by atoms with van der Waals surface area (Å²) in [6.45, 7) is -0.0358. The monoisotopic (exact) mass is 339 g/mol. The predicted octanol–water partition coefficient (Wildman–Crippen LogP) is 3.26. The number of benzene rings is 2. The third kappa shape index (κ3) is 4.18. The van der Waals surface area contributed by atoms with Crippen molar-refractivity contribution in [3.63, 3.8) is 0 Å². The fourth-order valence-corrected chi connectivity index (χ4v) is 1.91. The topological polar surface area (TPSA) is 38.8 Å². The van der Waals surface area contributed by atoms with Gasteiger partial charge in [-0.2, -0.15) is 4.39 Å². The van der Waals surface area contributed by atoms with Crippen molar-refractivity contribution in [3.05, 3.63) is 59.4 Å². The van der Waals surface area contributed by atoms with Crippen LogP contribution in [0.3, 0.4) is 0 Å². The lowest BCUT2D eigenvalue weighted by Crippen LogP contribution is -2.21. The fourth-order valence-electron chi connectivity index (χ4n) is 1.91. The van der Waals surface area contributed by atoms with Crippen molar-refractivity contribution in [1.29, 1.82) is 0 Å². The summed E-state index contributed by atoms with van der Waals surface area (Å²) in [6.07, 6.45) is 0. The minimum absolute atomic E-state index is 0.0397. The van der Waals surface area contributed by atoms with Crippen molar-refractivity contribution in [2.45, 2.75) is 0 Å². The number of carbonyl (C=O) groups excluding carboxylic acids is 1. The van der Waals surface area contributed by atoms with Crippen LogP contribution in [0, 0.1) is 17.5 Å². The number of nitrogens with zero attached hydrogens (tertiary/aromatic N) is 1. The second-order valence-electron chi connectivity index (χ2n) is 5.10. The molecule has 2 aromatic carbocycles. The van der Waals surface area contributed by atoms with Gasteiger partial charge < -0.3 is 14.4 Å². The lowest BCUT2D eigenvalue weighted by molar-refractivity contribution is 0.0827. The second-order valence-corrected chi connectivity index (χ2v) is 5.10. The van der Waals surface area contributed by atoms with Crippen LogP contribution in [0.15, 0.2) is 36.4 Å². The average Bonchev–Trinajstić information content (AvgIpc) is 2.57. The van der Waals surface area contributed by atoms with Crippen LogP contribution < -0.4 is 9.47 Å². The summed E-state index contributed by atoms with van der Waals surface area (Å²) in [6, 6.07) is 8.34. The maximum absolute atomic E-state index is 13.4. The molecule has 24 heavy (non-hydrogen) atoms. The van der Waals surface area contributed by atoms with E-state index in [0.717, 1.165) is 12.1 Å². The van der Waals surface area contributed by atoms with Gasteiger partial charge in [-0.3, -0.25) is 4.79 Å². The number of rotatable bonds is 6. The summed E-state index contributed by atoms with van der Waals surface area (Å²) in [5.41, 5.74) is 0.463. The summed E-state index contributed by atoms with van der Waals surface area (Å²) in [5.74, 6) is -4.36. The minimum Gasteiger partial charge on any atom is -0.490 e. The van der Waals surface area contributed by atoms with Crippen LogP contribution in [-0.4, -0.2) is 38.1 Å². The average molecular weight is 339 g/mol. The first kappa shape index (κ1) is 17.7. The van der Waals surface area contributed by atoms with Gasteiger partial charge in [-0.05, 0) is 30.3 Å².